The highest BCUT2D eigenvalue weighted by Crippen LogP contribution is 2.38. The fraction of sp³-hybridized carbons (Fsp3) is 0.160. The van der Waals surface area contributed by atoms with Gasteiger partial charge in [0.05, 0.1) is 17.6 Å². The minimum Gasteiger partial charge on any atom is -0.455 e. The van der Waals surface area contributed by atoms with Crippen LogP contribution in [-0.4, -0.2) is 24.3 Å². The topological polar surface area (TPSA) is 97.7 Å². The fourth-order valence-electron chi connectivity index (χ4n) is 4.07. The Balaban J connectivity index is 1.78. The molecule has 33 heavy (non-hydrogen) atoms. The number of nitrogens with one attached hydrogen (secondary N) is 2. The van der Waals surface area contributed by atoms with Gasteiger partial charge >= 0.3 is 0 Å². The van der Waals surface area contributed by atoms with Crippen molar-refractivity contribution in [3.8, 4) is 34.0 Å². The zero-order valence-electron chi connectivity index (χ0n) is 18.8. The Labute approximate surface area is 189 Å². The molecule has 0 atom stereocenters. The minimum absolute atomic E-state index is 0.166. The highest BCUT2D eigenvalue weighted by Gasteiger charge is 2.19. The first kappa shape index (κ1) is 20.6. The van der Waals surface area contributed by atoms with Crippen LogP contribution in [0.2, 0.25) is 0 Å². The zero-order chi connectivity index (χ0) is 23.3. The predicted octanol–water partition coefficient (Wildman–Crippen LogP) is 4.03. The van der Waals surface area contributed by atoms with Crippen molar-refractivity contribution in [3.63, 3.8) is 0 Å². The van der Waals surface area contributed by atoms with Crippen molar-refractivity contribution in [2.24, 2.45) is 14.1 Å². The number of aromatic nitrogens is 5. The molecular weight excluding hydrogens is 418 g/mol. The molecule has 2 N–H and O–H groups in total. The van der Waals surface area contributed by atoms with Crippen LogP contribution in [0.25, 0.3) is 33.4 Å². The molecule has 4 aromatic heterocycles. The van der Waals surface area contributed by atoms with Crippen LogP contribution < -0.4 is 15.9 Å². The number of nitrogens with zero attached hydrogens (tertiary/aromatic N) is 3. The van der Waals surface area contributed by atoms with Crippen molar-refractivity contribution in [2.75, 3.05) is 0 Å². The number of rotatable bonds is 4. The maximum atomic E-state index is 12.9. The summed E-state index contributed by atoms with van der Waals surface area (Å²) in [6, 6.07) is 11.2. The van der Waals surface area contributed by atoms with Gasteiger partial charge in [-0.2, -0.15) is 5.10 Å². The van der Waals surface area contributed by atoms with Crippen LogP contribution >= 0.6 is 0 Å². The Bertz CT molecular complexity index is 1600. The number of para-hydroxylation sites is 1. The molecule has 8 heteroatoms. The molecule has 0 saturated heterocycles. The molecule has 0 radical (unpaired) electrons. The summed E-state index contributed by atoms with van der Waals surface area (Å²) in [5.74, 6) is 1.27. The number of aromatic amines is 2. The molecule has 0 fully saturated rings. The lowest BCUT2D eigenvalue weighted by molar-refractivity contribution is 0.470. The summed E-state index contributed by atoms with van der Waals surface area (Å²) in [5, 5.41) is 7.60. The van der Waals surface area contributed by atoms with E-state index in [0.29, 0.717) is 27.8 Å². The SMILES string of the molecule is Cc1cccc(C)c1Oc1cn(C)c(=O)cc1-c1cn(C)c(=O)c2[nH]c(-c3ccn[nH]3)cc12. The Kier molecular flexibility index (Phi) is 4.78. The van der Waals surface area contributed by atoms with Crippen LogP contribution in [0.4, 0.5) is 0 Å². The first-order valence-electron chi connectivity index (χ1n) is 10.5. The average molecular weight is 441 g/mol. The second kappa shape index (κ2) is 7.67. The van der Waals surface area contributed by atoms with Crippen molar-refractivity contribution in [3.05, 3.63) is 86.8 Å². The molecule has 0 aliphatic carbocycles. The normalized spacial score (nSPS) is 11.3. The van der Waals surface area contributed by atoms with Crippen LogP contribution in [0.5, 0.6) is 11.5 Å². The quantitative estimate of drug-likeness (QED) is 0.440. The third kappa shape index (κ3) is 3.45. The van der Waals surface area contributed by atoms with Gasteiger partial charge in [-0.15, -0.1) is 0 Å². The van der Waals surface area contributed by atoms with Crippen molar-refractivity contribution < 1.29 is 4.74 Å². The van der Waals surface area contributed by atoms with Gasteiger partial charge in [-0.05, 0) is 37.1 Å². The van der Waals surface area contributed by atoms with Gasteiger partial charge in [-0.3, -0.25) is 14.7 Å². The smallest absolute Gasteiger partial charge is 0.274 e. The van der Waals surface area contributed by atoms with E-state index in [9.17, 15) is 9.59 Å². The van der Waals surface area contributed by atoms with Crippen molar-refractivity contribution in [1.82, 2.24) is 24.3 Å². The van der Waals surface area contributed by atoms with Gasteiger partial charge < -0.3 is 18.9 Å². The lowest BCUT2D eigenvalue weighted by Gasteiger charge is -2.17. The molecule has 5 aromatic rings. The van der Waals surface area contributed by atoms with Crippen molar-refractivity contribution in [2.45, 2.75) is 13.8 Å². The van der Waals surface area contributed by atoms with E-state index in [1.165, 1.54) is 9.13 Å². The number of ether oxygens (including phenoxy) is 1. The first-order valence-corrected chi connectivity index (χ1v) is 10.5. The number of fused-ring (bicyclic) bond motifs is 1. The van der Waals surface area contributed by atoms with Gasteiger partial charge in [0.1, 0.15) is 11.3 Å². The summed E-state index contributed by atoms with van der Waals surface area (Å²) in [7, 11) is 3.38. The predicted molar refractivity (Wildman–Crippen MR) is 128 cm³/mol. The molecule has 0 aliphatic heterocycles. The van der Waals surface area contributed by atoms with Gasteiger partial charge in [-0.25, -0.2) is 0 Å². The molecule has 4 heterocycles. The molecule has 5 rings (SSSR count). The molecule has 1 aromatic carbocycles. The third-order valence-corrected chi connectivity index (χ3v) is 5.86. The van der Waals surface area contributed by atoms with E-state index in [2.05, 4.69) is 15.2 Å². The number of H-pyrrole nitrogens is 2. The summed E-state index contributed by atoms with van der Waals surface area (Å²) >= 11 is 0. The number of pyridine rings is 2. The molecule has 8 nitrogen and oxygen atoms in total. The largest absolute Gasteiger partial charge is 0.455 e. The van der Waals surface area contributed by atoms with E-state index in [1.807, 2.05) is 44.2 Å². The standard InChI is InChI=1S/C25H23N5O3/c1-14-6-5-7-15(2)24(14)33-21-13-29(3)22(31)11-16(21)18-12-30(4)25(32)23-17(18)10-20(27-23)19-8-9-26-28-19/h5-13,27H,1-4H3,(H,26,28). The minimum atomic E-state index is -0.176. The van der Waals surface area contributed by atoms with E-state index >= 15 is 0 Å². The van der Waals surface area contributed by atoms with E-state index in [4.69, 9.17) is 4.74 Å². The molecule has 0 bridgehead atoms. The summed E-state index contributed by atoms with van der Waals surface area (Å²) in [5.41, 5.74) is 4.89. The number of hydrogen-bond acceptors (Lipinski definition) is 4. The second-order valence-corrected chi connectivity index (χ2v) is 8.22. The maximum Gasteiger partial charge on any atom is 0.274 e. The molecule has 0 spiro atoms. The van der Waals surface area contributed by atoms with Gasteiger partial charge in [0.15, 0.2) is 5.75 Å². The Morgan fingerprint density at radius 2 is 1.67 bits per heavy atom. The third-order valence-electron chi connectivity index (χ3n) is 5.86. The average Bonchev–Trinajstić information content (AvgIpc) is 3.46. The van der Waals surface area contributed by atoms with Crippen LogP contribution in [0.3, 0.4) is 0 Å². The first-order chi connectivity index (χ1) is 15.8. The van der Waals surface area contributed by atoms with Crippen LogP contribution in [0.1, 0.15) is 11.1 Å². The molecular formula is C25H23N5O3. The maximum absolute atomic E-state index is 12.9. The monoisotopic (exact) mass is 441 g/mol. The number of benzene rings is 1. The van der Waals surface area contributed by atoms with E-state index in [0.717, 1.165) is 28.3 Å². The number of aryl methyl sites for hydroxylation is 4. The lowest BCUT2D eigenvalue weighted by Crippen LogP contribution is -2.18. The van der Waals surface area contributed by atoms with Gasteiger partial charge in [0.25, 0.3) is 11.1 Å². The summed E-state index contributed by atoms with van der Waals surface area (Å²) in [6.45, 7) is 3.97. The summed E-state index contributed by atoms with van der Waals surface area (Å²) < 4.78 is 9.38. The van der Waals surface area contributed by atoms with E-state index < -0.39 is 0 Å². The fourth-order valence-corrected chi connectivity index (χ4v) is 4.07. The van der Waals surface area contributed by atoms with E-state index in [1.54, 1.807) is 38.8 Å². The van der Waals surface area contributed by atoms with Crippen LogP contribution in [-0.2, 0) is 14.1 Å². The van der Waals surface area contributed by atoms with Gasteiger partial charge in [-0.1, -0.05) is 18.2 Å². The lowest BCUT2D eigenvalue weighted by atomic mass is 10.0. The van der Waals surface area contributed by atoms with Crippen LogP contribution in [0, 0.1) is 13.8 Å². The van der Waals surface area contributed by atoms with Gasteiger partial charge in [0, 0.05) is 49.1 Å². The zero-order valence-corrected chi connectivity index (χ0v) is 18.8. The van der Waals surface area contributed by atoms with Crippen LogP contribution in [0.15, 0.2) is 64.6 Å². The highest BCUT2D eigenvalue weighted by atomic mass is 16.5. The Hall–Kier alpha value is -4.33. The molecule has 166 valence electrons. The van der Waals surface area contributed by atoms with Crippen molar-refractivity contribution in [1.29, 1.82) is 0 Å². The molecule has 0 amide bonds. The Morgan fingerprint density at radius 1 is 0.909 bits per heavy atom. The molecule has 0 aliphatic rings. The summed E-state index contributed by atoms with van der Waals surface area (Å²) in [6.07, 6.45) is 5.07. The second-order valence-electron chi connectivity index (χ2n) is 8.22. The van der Waals surface area contributed by atoms with E-state index in [-0.39, 0.29) is 11.1 Å². The van der Waals surface area contributed by atoms with Crippen molar-refractivity contribution >= 4 is 10.9 Å². The molecule has 0 unspecified atom stereocenters. The summed E-state index contributed by atoms with van der Waals surface area (Å²) in [4.78, 5) is 28.7. The Morgan fingerprint density at radius 3 is 2.36 bits per heavy atom. The number of hydrogen-bond donors (Lipinski definition) is 2. The van der Waals surface area contributed by atoms with Gasteiger partial charge in [0.2, 0.25) is 0 Å². The highest BCUT2D eigenvalue weighted by molar-refractivity contribution is 5.98. The molecule has 0 saturated carbocycles.